The van der Waals surface area contributed by atoms with Crippen LogP contribution in [0.5, 0.6) is 0 Å². The first-order valence-electron chi connectivity index (χ1n) is 47.7. The average molecular weight is 2110 g/mol. The van der Waals surface area contributed by atoms with Crippen molar-refractivity contribution in [2.45, 2.75) is 245 Å². The maximum atomic E-state index is 13.0. The summed E-state index contributed by atoms with van der Waals surface area (Å²) in [7, 11) is 0. The number of Topliss-reactive ketones (excluding diaryl/α,β-unsaturated/α-hetero) is 2. The first-order valence-corrected chi connectivity index (χ1v) is 53.3. The zero-order valence-electron chi connectivity index (χ0n) is 78.2. The standard InChI is InChI=1S/2C28H33ClN6O2S.2C18H15Cl2N5OS.C8H10N2O2/c2*1-18-27(30)28(17-37-18)8-11-34(12-9-28)24-15-32-25(16-31-24)38-23-7-4-5-19(26(23)29)13-22(36)21-14-20-6-2-3-10-35(20)33-21;2*19-15-9-22-16(10-21-15)27-14-6-3-5-12(17(14)20)23-18(26)13-8-11-4-1-2-7-25(11)24-13;11-8(12)7-5-6-3-1-2-4-10(6)9-7/h2*4-5,7,14-16,18,27H,2-3,6,8-13,17,30H2,1H3;2*3,5-6,8-10H,1-2,4,7H2,(H,23,26);5H,1-4H2,(H,11,12)/t2*18-,27+;;;/m00.../s1. The molecule has 4 atom stereocenters. The molecule has 2 amide bonds. The average Bonchev–Trinajstić information content (AvgIpc) is 1.64. The summed E-state index contributed by atoms with van der Waals surface area (Å²) in [5.74, 6) is 0.248. The fourth-order valence-electron chi connectivity index (χ4n) is 19.0. The van der Waals surface area contributed by atoms with Crippen molar-refractivity contribution in [1.82, 2.24) is 88.8 Å². The number of halogens is 6. The highest BCUT2D eigenvalue weighted by atomic mass is 35.5. The van der Waals surface area contributed by atoms with Gasteiger partial charge in [0, 0.05) is 143 Å². The summed E-state index contributed by atoms with van der Waals surface area (Å²) in [5.41, 5.74) is 23.3. The number of fused-ring (bicyclic) bond motifs is 5. The first-order chi connectivity index (χ1) is 68.8. The maximum Gasteiger partial charge on any atom is 0.356 e. The van der Waals surface area contributed by atoms with Crippen LogP contribution >= 0.6 is 117 Å². The number of aromatic nitrogens is 18. The minimum Gasteiger partial charge on any atom is -0.476 e. The number of benzene rings is 4. The van der Waals surface area contributed by atoms with Gasteiger partial charge in [-0.05, 0) is 214 Å². The summed E-state index contributed by atoms with van der Waals surface area (Å²) in [4.78, 5) is 105. The molecule has 9 aliphatic heterocycles. The number of carbonyl (C=O) groups is 5. The van der Waals surface area contributed by atoms with Gasteiger partial charge < -0.3 is 46.5 Å². The van der Waals surface area contributed by atoms with Gasteiger partial charge in [-0.15, -0.1) is 0 Å². The van der Waals surface area contributed by atoms with Crippen LogP contribution in [0, 0.1) is 10.8 Å². The smallest absolute Gasteiger partial charge is 0.356 e. The van der Waals surface area contributed by atoms with Gasteiger partial charge in [-0.2, -0.15) is 25.5 Å². The van der Waals surface area contributed by atoms with Crippen LogP contribution in [0.15, 0.2) is 192 Å². The Morgan fingerprint density at radius 3 is 0.986 bits per heavy atom. The number of anilines is 4. The van der Waals surface area contributed by atoms with Crippen molar-refractivity contribution < 1.29 is 38.6 Å². The number of amides is 2. The highest BCUT2D eigenvalue weighted by molar-refractivity contribution is 8.00. The second-order valence-corrected chi connectivity index (χ2v) is 43.1. The van der Waals surface area contributed by atoms with Crippen LogP contribution in [0.3, 0.4) is 0 Å². The first kappa shape index (κ1) is 102. The van der Waals surface area contributed by atoms with Crippen molar-refractivity contribution in [3.05, 3.63) is 251 Å². The number of carbonyl (C=O) groups excluding carboxylic acids is 4. The van der Waals surface area contributed by atoms with E-state index >= 15 is 0 Å². The molecule has 13 aromatic rings. The molecular weight excluding hydrogens is 2010 g/mol. The number of nitrogens with zero attached hydrogens (tertiary/aromatic N) is 20. The van der Waals surface area contributed by atoms with Crippen molar-refractivity contribution in [3.63, 3.8) is 0 Å². The molecule has 0 unspecified atom stereocenters. The van der Waals surface area contributed by atoms with E-state index in [0.717, 1.165) is 275 Å². The molecule has 142 heavy (non-hydrogen) atoms. The topological polar surface area (TPSA) is 399 Å². The van der Waals surface area contributed by atoms with Crippen molar-refractivity contribution in [2.75, 3.05) is 59.8 Å². The van der Waals surface area contributed by atoms with Crippen LogP contribution in [0.4, 0.5) is 23.0 Å². The molecule has 9 aromatic heterocycles. The number of hydrogen-bond donors (Lipinski definition) is 5. The molecule has 18 heterocycles. The molecule has 2 spiro atoms. The van der Waals surface area contributed by atoms with E-state index < -0.39 is 5.97 Å². The second kappa shape index (κ2) is 46.3. The van der Waals surface area contributed by atoms with Gasteiger partial charge in [-0.1, -0.05) is 153 Å². The van der Waals surface area contributed by atoms with Crippen LogP contribution in [-0.2, 0) is 87.1 Å². The van der Waals surface area contributed by atoms with E-state index in [1.54, 1.807) is 47.7 Å². The third-order valence-electron chi connectivity index (χ3n) is 27.2. The Labute approximate surface area is 868 Å². The van der Waals surface area contributed by atoms with Gasteiger partial charge in [-0.25, -0.2) is 44.7 Å². The number of carboxylic acid groups (broad SMARTS) is 1. The summed E-state index contributed by atoms with van der Waals surface area (Å²) in [6.07, 6.45) is 34.1. The third-order valence-corrected chi connectivity index (χ3v) is 33.7. The Bertz CT molecular complexity index is 6230. The quantitative estimate of drug-likeness (QED) is 0.0417. The van der Waals surface area contributed by atoms with E-state index in [1.807, 2.05) is 116 Å². The van der Waals surface area contributed by atoms with Gasteiger partial charge in [0.05, 0.1) is 106 Å². The van der Waals surface area contributed by atoms with Gasteiger partial charge in [0.2, 0.25) is 0 Å². The summed E-state index contributed by atoms with van der Waals surface area (Å²) in [6.45, 7) is 13.6. The molecule has 22 rings (SSSR count). The lowest BCUT2D eigenvalue weighted by atomic mass is 9.73. The van der Waals surface area contributed by atoms with Gasteiger partial charge in [0.25, 0.3) is 11.8 Å². The highest BCUT2D eigenvalue weighted by Gasteiger charge is 2.49. The predicted molar refractivity (Wildman–Crippen MR) is 550 cm³/mol. The number of nitrogens with two attached hydrogens (primary N) is 2. The minimum absolute atomic E-state index is 0.0111. The van der Waals surface area contributed by atoms with Crippen molar-refractivity contribution in [2.24, 2.45) is 22.3 Å². The molecule has 0 bridgehead atoms. The molecule has 9 aliphatic rings. The molecule has 42 heteroatoms. The lowest BCUT2D eigenvalue weighted by Crippen LogP contribution is -2.50. The molecule has 32 nitrogen and oxygen atoms in total. The summed E-state index contributed by atoms with van der Waals surface area (Å²) in [5, 5.41) is 41.7. The largest absolute Gasteiger partial charge is 0.476 e. The fraction of sp³-hybridized carbons (Fsp3) is 0.400. The molecular formula is C100H106Cl6N24O8S4. The van der Waals surface area contributed by atoms with E-state index in [1.165, 1.54) is 59.4 Å². The molecule has 0 aliphatic carbocycles. The monoisotopic (exact) mass is 2110 g/mol. The molecule has 4 saturated heterocycles. The normalized spacial score (nSPS) is 18.4. The Morgan fingerprint density at radius 1 is 0.380 bits per heavy atom. The maximum absolute atomic E-state index is 13.0. The van der Waals surface area contributed by atoms with Crippen LogP contribution in [0.1, 0.15) is 196 Å². The number of ketones is 2. The summed E-state index contributed by atoms with van der Waals surface area (Å²) in [6, 6.07) is 31.9. The Morgan fingerprint density at radius 2 is 0.683 bits per heavy atom. The van der Waals surface area contributed by atoms with E-state index in [0.29, 0.717) is 74.6 Å². The SMILES string of the molecule is C[C@@H]1OCC2(CCN(c3cnc(Sc4cccc(CC(=O)c5cc6n(n5)CCCC6)c4Cl)cn3)CC2)[C@@H]1N.C[C@@H]1OCC2(CCN(c3cnc(Sc4cccc(CC(=O)c5cc6n(n5)CCCC6)c4Cl)cn3)CC2)[C@@H]1N.O=C(Nc1cccc(Sc2cnc(Cl)cn2)c1Cl)c1cc2n(n1)CCCC2.O=C(Nc1cccc(Sc2cnc(Cl)cn2)c1Cl)c1cc2n(n1)CCCC2.O=C(O)c1cc2n(n1)CCCC2. The Balaban J connectivity index is 0.000000121. The number of hydrogen-bond acceptors (Lipinski definition) is 28. The third kappa shape index (κ3) is 24.4. The molecule has 740 valence electrons. The highest BCUT2D eigenvalue weighted by Crippen LogP contribution is 2.46. The van der Waals surface area contributed by atoms with E-state index in [2.05, 4.69) is 89.7 Å². The molecule has 4 aromatic carbocycles. The number of carboxylic acids is 1. The van der Waals surface area contributed by atoms with Crippen LogP contribution in [0.25, 0.3) is 0 Å². The number of ether oxygens (including phenoxy) is 2. The zero-order valence-corrected chi connectivity index (χ0v) is 86.0. The summed E-state index contributed by atoms with van der Waals surface area (Å²) >= 11 is 43.6. The van der Waals surface area contributed by atoms with Crippen LogP contribution in [-0.4, -0.2) is 187 Å². The Hall–Kier alpha value is -10.4. The lowest BCUT2D eigenvalue weighted by molar-refractivity contribution is 0.0688. The number of piperidine rings is 2. The van der Waals surface area contributed by atoms with Gasteiger partial charge in [-0.3, -0.25) is 42.6 Å². The van der Waals surface area contributed by atoms with Crippen molar-refractivity contribution in [3.8, 4) is 0 Å². The number of aryl methyl sites for hydroxylation is 10. The van der Waals surface area contributed by atoms with Gasteiger partial charge in [0.1, 0.15) is 53.4 Å². The van der Waals surface area contributed by atoms with Crippen molar-refractivity contribution in [1.29, 1.82) is 0 Å². The van der Waals surface area contributed by atoms with Crippen molar-refractivity contribution >= 4 is 169 Å². The lowest BCUT2D eigenvalue weighted by Gasteiger charge is -2.41. The molecule has 0 saturated carbocycles. The number of aromatic carboxylic acids is 1. The molecule has 0 radical (unpaired) electrons. The van der Waals surface area contributed by atoms with E-state index in [4.69, 9.17) is 106 Å². The Kier molecular flexibility index (Phi) is 33.1. The van der Waals surface area contributed by atoms with E-state index in [-0.39, 0.29) is 77.0 Å². The minimum atomic E-state index is -0.933. The second-order valence-electron chi connectivity index (χ2n) is 36.6. The molecule has 4 fully saturated rings. The predicted octanol–water partition coefficient (Wildman–Crippen LogP) is 19.5. The van der Waals surface area contributed by atoms with Gasteiger partial charge >= 0.3 is 5.97 Å². The van der Waals surface area contributed by atoms with E-state index in [9.17, 15) is 24.0 Å². The number of rotatable bonds is 21. The van der Waals surface area contributed by atoms with Crippen LogP contribution < -0.4 is 31.9 Å². The summed E-state index contributed by atoms with van der Waals surface area (Å²) < 4.78 is 21.2. The van der Waals surface area contributed by atoms with Crippen LogP contribution in [0.2, 0.25) is 30.4 Å². The molecule has 7 N–H and O–H groups in total. The number of nitrogens with one attached hydrogen (secondary N) is 2. The van der Waals surface area contributed by atoms with Gasteiger partial charge in [0.15, 0.2) is 28.6 Å². The fourth-order valence-corrected chi connectivity index (χ4v) is 23.6. The zero-order chi connectivity index (χ0) is 98.7.